The summed E-state index contributed by atoms with van der Waals surface area (Å²) < 4.78 is 23.7. The van der Waals surface area contributed by atoms with Gasteiger partial charge in [-0.15, -0.1) is 11.3 Å². The number of halogens is 1. The van der Waals surface area contributed by atoms with Crippen molar-refractivity contribution < 1.29 is 18.7 Å². The molecule has 1 amide bonds. The molecule has 0 saturated heterocycles. The first-order valence-electron chi connectivity index (χ1n) is 7.58. The molecule has 2 heterocycles. The highest BCUT2D eigenvalue weighted by Gasteiger charge is 2.19. The standard InChI is InChI=1S/C18H13FN2O3S/c19-12-6-4-11(5-7-12)18-20-13(9-25-18)8-16(22)21-14-2-1-3-15-17(14)24-10-23-15/h1-7,9H,8,10H2,(H,21,22). The molecule has 0 radical (unpaired) electrons. The summed E-state index contributed by atoms with van der Waals surface area (Å²) in [6.45, 7) is 0.148. The van der Waals surface area contributed by atoms with Crippen LogP contribution in [0.4, 0.5) is 10.1 Å². The maximum Gasteiger partial charge on any atom is 0.231 e. The van der Waals surface area contributed by atoms with Gasteiger partial charge < -0.3 is 14.8 Å². The number of nitrogens with one attached hydrogen (secondary N) is 1. The highest BCUT2D eigenvalue weighted by atomic mass is 32.1. The Hall–Kier alpha value is -2.93. The summed E-state index contributed by atoms with van der Waals surface area (Å²) in [5.74, 6) is 0.674. The number of fused-ring (bicyclic) bond motifs is 1. The van der Waals surface area contributed by atoms with Gasteiger partial charge in [-0.25, -0.2) is 9.37 Å². The molecule has 0 atom stereocenters. The number of hydrogen-bond donors (Lipinski definition) is 1. The molecule has 7 heteroatoms. The number of aromatic nitrogens is 1. The minimum absolute atomic E-state index is 0.141. The van der Waals surface area contributed by atoms with Crippen LogP contribution in [0, 0.1) is 5.82 Å². The van der Waals surface area contributed by atoms with Crippen molar-refractivity contribution in [2.24, 2.45) is 0 Å². The second-order valence-corrected chi connectivity index (χ2v) is 6.27. The van der Waals surface area contributed by atoms with E-state index in [0.717, 1.165) is 10.6 Å². The van der Waals surface area contributed by atoms with Crippen LogP contribution < -0.4 is 14.8 Å². The number of thiazole rings is 1. The van der Waals surface area contributed by atoms with Crippen LogP contribution >= 0.6 is 11.3 Å². The molecule has 1 aliphatic rings. The highest BCUT2D eigenvalue weighted by molar-refractivity contribution is 7.13. The van der Waals surface area contributed by atoms with Gasteiger partial charge in [0, 0.05) is 10.9 Å². The number of nitrogens with zero attached hydrogens (tertiary/aromatic N) is 1. The van der Waals surface area contributed by atoms with Crippen molar-refractivity contribution in [3.05, 3.63) is 59.4 Å². The fraction of sp³-hybridized carbons (Fsp3) is 0.111. The number of carbonyl (C=O) groups excluding carboxylic acids is 1. The monoisotopic (exact) mass is 356 g/mol. The van der Waals surface area contributed by atoms with E-state index in [1.807, 2.05) is 5.38 Å². The highest BCUT2D eigenvalue weighted by Crippen LogP contribution is 2.38. The summed E-state index contributed by atoms with van der Waals surface area (Å²) in [6, 6.07) is 11.5. The maximum absolute atomic E-state index is 13.0. The van der Waals surface area contributed by atoms with Gasteiger partial charge in [0.25, 0.3) is 0 Å². The largest absolute Gasteiger partial charge is 0.454 e. The SMILES string of the molecule is O=C(Cc1csc(-c2ccc(F)cc2)n1)Nc1cccc2c1OCO2. The lowest BCUT2D eigenvalue weighted by Gasteiger charge is -2.07. The predicted molar refractivity (Wildman–Crippen MR) is 92.4 cm³/mol. The molecule has 5 nitrogen and oxygen atoms in total. The number of hydrogen-bond acceptors (Lipinski definition) is 5. The zero-order valence-electron chi connectivity index (χ0n) is 13.0. The fourth-order valence-electron chi connectivity index (χ4n) is 2.50. The van der Waals surface area contributed by atoms with Gasteiger partial charge in [-0.1, -0.05) is 6.07 Å². The van der Waals surface area contributed by atoms with Crippen molar-refractivity contribution in [2.75, 3.05) is 12.1 Å². The van der Waals surface area contributed by atoms with E-state index in [1.165, 1.54) is 23.5 Å². The molecule has 1 aromatic heterocycles. The van der Waals surface area contributed by atoms with Gasteiger partial charge in [-0.3, -0.25) is 4.79 Å². The van der Waals surface area contributed by atoms with Crippen LogP contribution in [-0.2, 0) is 11.2 Å². The molecular formula is C18H13FN2O3S. The zero-order chi connectivity index (χ0) is 17.2. The van der Waals surface area contributed by atoms with Gasteiger partial charge >= 0.3 is 0 Å². The van der Waals surface area contributed by atoms with Gasteiger partial charge in [-0.2, -0.15) is 0 Å². The molecule has 0 aliphatic carbocycles. The number of ether oxygens (including phenoxy) is 2. The van der Waals surface area contributed by atoms with Gasteiger partial charge in [0.1, 0.15) is 10.8 Å². The molecule has 0 bridgehead atoms. The first kappa shape index (κ1) is 15.6. The van der Waals surface area contributed by atoms with E-state index in [-0.39, 0.29) is 24.9 Å². The molecule has 126 valence electrons. The van der Waals surface area contributed by atoms with Crippen molar-refractivity contribution in [1.29, 1.82) is 0 Å². The van der Waals surface area contributed by atoms with Gasteiger partial charge in [0.15, 0.2) is 11.5 Å². The predicted octanol–water partition coefficient (Wildman–Crippen LogP) is 3.86. The lowest BCUT2D eigenvalue weighted by atomic mass is 10.2. The van der Waals surface area contributed by atoms with Crippen molar-refractivity contribution in [1.82, 2.24) is 4.98 Å². The summed E-state index contributed by atoms with van der Waals surface area (Å²) in [4.78, 5) is 16.7. The van der Waals surface area contributed by atoms with Crippen LogP contribution in [0.25, 0.3) is 10.6 Å². The number of rotatable bonds is 4. The van der Waals surface area contributed by atoms with Crippen molar-refractivity contribution in [3.8, 4) is 22.1 Å². The number of carbonyl (C=O) groups is 1. The summed E-state index contributed by atoms with van der Waals surface area (Å²) in [5.41, 5.74) is 2.06. The average molecular weight is 356 g/mol. The van der Waals surface area contributed by atoms with Gasteiger partial charge in [0.2, 0.25) is 12.7 Å². The Balaban J connectivity index is 1.45. The Bertz CT molecular complexity index is 924. The summed E-state index contributed by atoms with van der Waals surface area (Å²) >= 11 is 1.42. The van der Waals surface area contributed by atoms with Crippen molar-refractivity contribution in [3.63, 3.8) is 0 Å². The van der Waals surface area contributed by atoms with E-state index in [4.69, 9.17) is 9.47 Å². The van der Waals surface area contributed by atoms with E-state index in [2.05, 4.69) is 10.3 Å². The van der Waals surface area contributed by atoms with Gasteiger partial charge in [0.05, 0.1) is 17.8 Å². The first-order valence-corrected chi connectivity index (χ1v) is 8.46. The Kier molecular flexibility index (Phi) is 4.07. The summed E-state index contributed by atoms with van der Waals surface area (Å²) in [7, 11) is 0. The third-order valence-electron chi connectivity index (χ3n) is 3.66. The third-order valence-corrected chi connectivity index (χ3v) is 4.60. The van der Waals surface area contributed by atoms with Crippen LogP contribution in [0.3, 0.4) is 0 Å². The molecule has 1 aliphatic heterocycles. The lowest BCUT2D eigenvalue weighted by Crippen LogP contribution is -2.15. The Morgan fingerprint density at radius 2 is 2.04 bits per heavy atom. The lowest BCUT2D eigenvalue weighted by molar-refractivity contribution is -0.115. The Morgan fingerprint density at radius 1 is 1.20 bits per heavy atom. The molecule has 25 heavy (non-hydrogen) atoms. The van der Waals surface area contributed by atoms with Crippen LogP contribution in [0.15, 0.2) is 47.8 Å². The molecule has 4 rings (SSSR count). The van der Waals surface area contributed by atoms with E-state index >= 15 is 0 Å². The molecule has 1 N–H and O–H groups in total. The van der Waals surface area contributed by atoms with E-state index < -0.39 is 0 Å². The molecule has 0 unspecified atom stereocenters. The van der Waals surface area contributed by atoms with Crippen LogP contribution in [-0.4, -0.2) is 17.7 Å². The summed E-state index contributed by atoms with van der Waals surface area (Å²) in [5, 5.41) is 5.40. The topological polar surface area (TPSA) is 60.5 Å². The molecule has 0 spiro atoms. The second kappa shape index (κ2) is 6.52. The molecule has 0 fully saturated rings. The third kappa shape index (κ3) is 3.32. The van der Waals surface area contributed by atoms with Crippen molar-refractivity contribution in [2.45, 2.75) is 6.42 Å². The van der Waals surface area contributed by atoms with E-state index in [9.17, 15) is 9.18 Å². The summed E-state index contributed by atoms with van der Waals surface area (Å²) in [6.07, 6.45) is 0.141. The molecule has 3 aromatic rings. The minimum atomic E-state index is -0.290. The number of anilines is 1. The van der Waals surface area contributed by atoms with Gasteiger partial charge in [-0.05, 0) is 36.4 Å². The molecular weight excluding hydrogens is 343 g/mol. The Morgan fingerprint density at radius 3 is 2.88 bits per heavy atom. The quantitative estimate of drug-likeness (QED) is 0.771. The van der Waals surface area contributed by atoms with E-state index in [0.29, 0.717) is 22.9 Å². The normalized spacial score (nSPS) is 12.2. The second-order valence-electron chi connectivity index (χ2n) is 5.42. The minimum Gasteiger partial charge on any atom is -0.454 e. The number of para-hydroxylation sites is 1. The van der Waals surface area contributed by atoms with Crippen LogP contribution in [0.2, 0.25) is 0 Å². The fourth-order valence-corrected chi connectivity index (χ4v) is 3.33. The average Bonchev–Trinajstić information content (AvgIpc) is 3.25. The van der Waals surface area contributed by atoms with E-state index in [1.54, 1.807) is 30.3 Å². The first-order chi connectivity index (χ1) is 12.2. The van der Waals surface area contributed by atoms with Crippen LogP contribution in [0.5, 0.6) is 11.5 Å². The molecule has 0 saturated carbocycles. The van der Waals surface area contributed by atoms with Crippen molar-refractivity contribution >= 4 is 22.9 Å². The maximum atomic E-state index is 13.0. The number of benzene rings is 2. The van der Waals surface area contributed by atoms with Crippen LogP contribution in [0.1, 0.15) is 5.69 Å². The Labute approximate surface area is 147 Å². The molecule has 2 aromatic carbocycles. The number of amides is 1. The smallest absolute Gasteiger partial charge is 0.231 e. The zero-order valence-corrected chi connectivity index (χ0v) is 13.8.